The van der Waals surface area contributed by atoms with Crippen LogP contribution in [0.5, 0.6) is 0 Å². The maximum absolute atomic E-state index is 14.1. The van der Waals surface area contributed by atoms with Gasteiger partial charge in [-0.2, -0.15) is 0 Å². The molecule has 0 bridgehead atoms. The van der Waals surface area contributed by atoms with E-state index in [0.717, 1.165) is 96.3 Å². The van der Waals surface area contributed by atoms with Gasteiger partial charge in [-0.15, -0.1) is 0 Å². The van der Waals surface area contributed by atoms with Crippen molar-refractivity contribution in [3.63, 3.8) is 0 Å². The number of nitrogens with one attached hydrogen (secondary N) is 2. The Balaban J connectivity index is 2.25. The number of carbonyl (C=O) groups is 3. The third-order valence-corrected chi connectivity index (χ3v) is 17.1. The zero-order valence-corrected chi connectivity index (χ0v) is 53.8. The second-order valence-corrected chi connectivity index (χ2v) is 25.6. The predicted molar refractivity (Wildman–Crippen MR) is 328 cm³/mol. The minimum Gasteiger partial charge on any atom is -0.462 e. The molecule has 0 spiro atoms. The van der Waals surface area contributed by atoms with E-state index in [4.69, 9.17) is 28.2 Å². The molecule has 0 aliphatic carbocycles. The lowest BCUT2D eigenvalue weighted by molar-refractivity contribution is -0.302. The number of aliphatic hydroxyl groups excluding tert-OH is 5. The van der Waals surface area contributed by atoms with Crippen LogP contribution in [-0.2, 0) is 47.2 Å². The molecule has 2 rings (SSSR count). The number of hydrogen-bond donors (Lipinski definition) is 9. The summed E-state index contributed by atoms with van der Waals surface area (Å²) >= 11 is 0. The molecule has 2 saturated heterocycles. The first-order valence-corrected chi connectivity index (χ1v) is 35.5. The lowest BCUT2D eigenvalue weighted by atomic mass is 9.95. The lowest BCUT2D eigenvalue weighted by Gasteiger charge is -2.45. The average molecular weight is 1220 g/mol. The number of esters is 1. The number of phosphoric acid groups is 1. The first-order chi connectivity index (χ1) is 40.6. The average Bonchev–Trinajstić information content (AvgIpc) is 2.11. The molecule has 0 saturated carbocycles. The molecule has 9 N–H and O–H groups in total. The topological polar surface area (TPSA) is 289 Å². The fraction of sp³-hybridized carbons (Fsp3) is 0.953. The number of unbranched alkanes of at least 4 members (excludes halogenated alkanes) is 33. The van der Waals surface area contributed by atoms with Crippen molar-refractivity contribution in [1.29, 1.82) is 0 Å². The van der Waals surface area contributed by atoms with Gasteiger partial charge in [0.15, 0.2) is 12.6 Å². The third-order valence-electron chi connectivity index (χ3n) is 16.6. The molecule has 496 valence electrons. The molecule has 2 amide bonds. The van der Waals surface area contributed by atoms with E-state index >= 15 is 0 Å². The van der Waals surface area contributed by atoms with Crippen molar-refractivity contribution in [2.45, 2.75) is 371 Å². The zero-order chi connectivity index (χ0) is 61.6. The van der Waals surface area contributed by atoms with E-state index in [0.29, 0.717) is 32.1 Å². The summed E-state index contributed by atoms with van der Waals surface area (Å²) in [6.07, 6.45) is 25.9. The van der Waals surface area contributed by atoms with Gasteiger partial charge in [0.2, 0.25) is 11.8 Å². The van der Waals surface area contributed by atoms with Crippen LogP contribution in [0, 0.1) is 0 Å². The minimum atomic E-state index is -5.31. The number of rotatable bonds is 55. The number of carbonyl (C=O) groups excluding carboxylic acids is 3. The van der Waals surface area contributed by atoms with Crippen LogP contribution < -0.4 is 10.6 Å². The van der Waals surface area contributed by atoms with Gasteiger partial charge in [-0.05, 0) is 32.1 Å². The molecule has 19 nitrogen and oxygen atoms in total. The molecule has 2 heterocycles. The Morgan fingerprint density at radius 3 is 1.35 bits per heavy atom. The monoisotopic (exact) mass is 1220 g/mol. The number of phosphoric ester groups is 1. The first kappa shape index (κ1) is 78.3. The molecule has 0 radical (unpaired) electrons. The van der Waals surface area contributed by atoms with Crippen molar-refractivity contribution in [1.82, 2.24) is 10.6 Å². The number of ether oxygens (including phenoxy) is 5. The first-order valence-electron chi connectivity index (χ1n) is 34.0. The minimum absolute atomic E-state index is 0.199. The highest BCUT2D eigenvalue weighted by Gasteiger charge is 2.51. The summed E-state index contributed by atoms with van der Waals surface area (Å²) in [5.41, 5.74) is 0. The van der Waals surface area contributed by atoms with Gasteiger partial charge in [0.25, 0.3) is 0 Å². The second kappa shape index (κ2) is 50.0. The molecular formula is C64H123N2O17P. The lowest BCUT2D eigenvalue weighted by Crippen LogP contribution is -2.67. The predicted octanol–water partition coefficient (Wildman–Crippen LogP) is 11.7. The molecule has 2 aliphatic rings. The molecule has 84 heavy (non-hydrogen) atoms. The highest BCUT2D eigenvalue weighted by atomic mass is 31.2. The van der Waals surface area contributed by atoms with E-state index in [2.05, 4.69) is 38.3 Å². The molecule has 20 heteroatoms. The summed E-state index contributed by atoms with van der Waals surface area (Å²) in [5.74, 6) is -1.68. The van der Waals surface area contributed by atoms with Crippen LogP contribution >= 0.6 is 7.82 Å². The van der Waals surface area contributed by atoms with Crippen molar-refractivity contribution >= 4 is 25.6 Å². The van der Waals surface area contributed by atoms with Gasteiger partial charge in [-0.3, -0.25) is 18.9 Å². The third kappa shape index (κ3) is 37.2. The van der Waals surface area contributed by atoms with E-state index in [9.17, 15) is 54.3 Å². The fourth-order valence-corrected chi connectivity index (χ4v) is 12.0. The summed E-state index contributed by atoms with van der Waals surface area (Å²) < 4.78 is 47.6. The fourth-order valence-electron chi connectivity index (χ4n) is 11.4. The van der Waals surface area contributed by atoms with Crippen molar-refractivity contribution in [2.24, 2.45) is 0 Å². The Morgan fingerprint density at radius 1 is 0.488 bits per heavy atom. The Morgan fingerprint density at radius 2 is 0.881 bits per heavy atom. The second-order valence-electron chi connectivity index (χ2n) is 24.4. The van der Waals surface area contributed by atoms with Gasteiger partial charge in [0.1, 0.15) is 54.8 Å². The van der Waals surface area contributed by atoms with Crippen LogP contribution in [0.4, 0.5) is 0 Å². The summed E-state index contributed by atoms with van der Waals surface area (Å²) in [4.78, 5) is 60.5. The van der Waals surface area contributed by atoms with E-state index in [1.807, 2.05) is 0 Å². The van der Waals surface area contributed by atoms with Gasteiger partial charge >= 0.3 is 13.8 Å². The molecule has 0 aromatic heterocycles. The van der Waals surface area contributed by atoms with Crippen molar-refractivity contribution < 1.29 is 82.5 Å². The van der Waals surface area contributed by atoms with Crippen LogP contribution in [0.3, 0.4) is 0 Å². The summed E-state index contributed by atoms with van der Waals surface area (Å²) in [6.45, 7) is 7.51. The molecular weight excluding hydrogens is 1100 g/mol. The Labute approximate surface area is 507 Å². The zero-order valence-electron chi connectivity index (χ0n) is 52.9. The Bertz CT molecular complexity index is 1670. The normalized spacial score (nSPS) is 23.6. The van der Waals surface area contributed by atoms with Gasteiger partial charge in [0.05, 0.1) is 32.2 Å². The van der Waals surface area contributed by atoms with E-state index in [-0.39, 0.29) is 25.9 Å². The van der Waals surface area contributed by atoms with E-state index in [1.54, 1.807) is 0 Å². The van der Waals surface area contributed by atoms with Crippen LogP contribution in [0.1, 0.15) is 297 Å². The number of aliphatic hydroxyl groups is 5. The summed E-state index contributed by atoms with van der Waals surface area (Å²) in [7, 11) is -5.31. The molecule has 0 aromatic carbocycles. The molecule has 12 atom stereocenters. The van der Waals surface area contributed by atoms with Crippen molar-refractivity contribution in [2.75, 3.05) is 19.8 Å². The molecule has 0 aromatic rings. The highest BCUT2D eigenvalue weighted by Crippen LogP contribution is 2.42. The quantitative estimate of drug-likeness (QED) is 0.0155. The van der Waals surface area contributed by atoms with Crippen molar-refractivity contribution in [3.05, 3.63) is 0 Å². The maximum atomic E-state index is 14.1. The highest BCUT2D eigenvalue weighted by molar-refractivity contribution is 7.46. The van der Waals surface area contributed by atoms with Gasteiger partial charge in [-0.25, -0.2) is 4.57 Å². The summed E-state index contributed by atoms with van der Waals surface area (Å²) in [5, 5.41) is 61.6. The van der Waals surface area contributed by atoms with E-state index < -0.39 is 112 Å². The van der Waals surface area contributed by atoms with Gasteiger partial charge in [0, 0.05) is 13.0 Å². The molecule has 2 aliphatic heterocycles. The van der Waals surface area contributed by atoms with Crippen LogP contribution in [0.2, 0.25) is 0 Å². The number of amides is 2. The smallest absolute Gasteiger partial charge is 0.462 e. The van der Waals surface area contributed by atoms with Crippen molar-refractivity contribution in [3.8, 4) is 0 Å². The number of hydrogen-bond acceptors (Lipinski definition) is 15. The molecule has 0 unspecified atom stereocenters. The standard InChI is InChI=1S/C64H123N2O17P/c1-5-9-13-17-21-25-29-33-37-41-45-78-63-57(65-54(69)46-50(68)42-38-34-30-26-22-18-14-10-6-2)60(73)59(72)53(82-63)49-79-64-58(61(74)62(52(48-67)81-64)83-84(75,76)77)66-55(70)47-51(43-39-35-31-27-23-19-15-11-7-3)80-56(71)44-40-36-32-28-24-20-16-12-8-4/h50-53,57-64,67-68,72-74H,5-49H2,1-4H3,(H,65,69)(H,66,70)(H2,75,76,77)/t50-,51-,52-,53-,57-,58-,59-,60-,61-,62-,63+,64-/m1/s1. The largest absolute Gasteiger partial charge is 0.470 e. The Kier molecular flexibility index (Phi) is 46.6. The molecule has 2 fully saturated rings. The van der Waals surface area contributed by atoms with Crippen LogP contribution in [-0.4, -0.2) is 146 Å². The SMILES string of the molecule is CCCCCCCCCCCCO[C@H]1O[C@H](CO[C@@H]2O[C@H](CO)[C@@H](OP(=O)(O)O)[C@H](O)[C@H]2NC(=O)C[C@@H](CCCCCCCCCCC)OC(=O)CCCCCCCCCCC)[C@@H](O)[C@H](O)[C@H]1NC(=O)C[C@H](O)CCCCCCCCCCC. The van der Waals surface area contributed by atoms with Crippen LogP contribution in [0.15, 0.2) is 0 Å². The Hall–Kier alpha value is -1.84. The summed E-state index contributed by atoms with van der Waals surface area (Å²) in [6, 6.07) is -2.86. The van der Waals surface area contributed by atoms with E-state index in [1.165, 1.54) is 122 Å². The van der Waals surface area contributed by atoms with Gasteiger partial charge in [-0.1, -0.05) is 246 Å². The maximum Gasteiger partial charge on any atom is 0.470 e. The van der Waals surface area contributed by atoms with Crippen LogP contribution in [0.25, 0.3) is 0 Å². The van der Waals surface area contributed by atoms with Gasteiger partial charge < -0.3 is 69.6 Å².